The summed E-state index contributed by atoms with van der Waals surface area (Å²) in [6, 6.07) is 5.26. The fourth-order valence-electron chi connectivity index (χ4n) is 3.24. The highest BCUT2D eigenvalue weighted by Gasteiger charge is 2.33. The van der Waals surface area contributed by atoms with Crippen molar-refractivity contribution in [1.29, 1.82) is 0 Å². The van der Waals surface area contributed by atoms with E-state index < -0.39 is 47.9 Å². The second-order valence-electron chi connectivity index (χ2n) is 8.62. The summed E-state index contributed by atoms with van der Waals surface area (Å²) < 4.78 is 0. The predicted molar refractivity (Wildman–Crippen MR) is 134 cm³/mol. The van der Waals surface area contributed by atoms with E-state index in [0.717, 1.165) is 5.56 Å². The fourth-order valence-corrected chi connectivity index (χ4v) is 3.49. The molecule has 0 radical (unpaired) electrons. The van der Waals surface area contributed by atoms with Crippen LogP contribution in [0.4, 0.5) is 0 Å². The molecule has 9 nitrogen and oxygen atoms in total. The first kappa shape index (κ1) is 29.4. The Kier molecular flexibility index (Phi) is 12.7. The van der Waals surface area contributed by atoms with E-state index in [1.807, 2.05) is 51.1 Å². The van der Waals surface area contributed by atoms with Crippen molar-refractivity contribution < 1.29 is 24.3 Å². The average molecular weight is 495 g/mol. The summed E-state index contributed by atoms with van der Waals surface area (Å²) in [4.78, 5) is 50.2. The van der Waals surface area contributed by atoms with Gasteiger partial charge in [-0.25, -0.2) is 4.79 Å². The zero-order valence-corrected chi connectivity index (χ0v) is 21.2. The van der Waals surface area contributed by atoms with Gasteiger partial charge in [-0.05, 0) is 17.4 Å². The quantitative estimate of drug-likeness (QED) is 0.213. The number of carboxylic acid groups (broad SMARTS) is 1. The third-order valence-electron chi connectivity index (χ3n) is 6.07. The van der Waals surface area contributed by atoms with Crippen LogP contribution in [0.25, 0.3) is 0 Å². The second kappa shape index (κ2) is 14.6. The Hall–Kier alpha value is -2.59. The first-order valence-corrected chi connectivity index (χ1v) is 12.2. The maximum atomic E-state index is 13.3. The van der Waals surface area contributed by atoms with Gasteiger partial charge in [0.05, 0.1) is 6.04 Å². The summed E-state index contributed by atoms with van der Waals surface area (Å²) in [7, 11) is 0. The van der Waals surface area contributed by atoms with Crippen LogP contribution in [0.5, 0.6) is 0 Å². The lowest BCUT2D eigenvalue weighted by Gasteiger charge is -2.28. The van der Waals surface area contributed by atoms with Crippen LogP contribution in [-0.2, 0) is 25.6 Å². The van der Waals surface area contributed by atoms with E-state index in [1.165, 1.54) is 0 Å². The number of benzene rings is 1. The van der Waals surface area contributed by atoms with Gasteiger partial charge in [0.25, 0.3) is 0 Å². The van der Waals surface area contributed by atoms with Gasteiger partial charge in [-0.3, -0.25) is 14.4 Å². The Morgan fingerprint density at radius 1 is 0.882 bits per heavy atom. The maximum Gasteiger partial charge on any atom is 0.327 e. The number of rotatable bonds is 14. The van der Waals surface area contributed by atoms with Crippen molar-refractivity contribution in [3.63, 3.8) is 0 Å². The van der Waals surface area contributed by atoms with E-state index in [-0.39, 0.29) is 24.0 Å². The molecule has 190 valence electrons. The Bertz CT molecular complexity index is 823. The molecule has 6 atom stereocenters. The van der Waals surface area contributed by atoms with Gasteiger partial charge in [0, 0.05) is 12.2 Å². The molecule has 0 aliphatic carbocycles. The third kappa shape index (κ3) is 8.98. The van der Waals surface area contributed by atoms with Crippen molar-refractivity contribution in [2.75, 3.05) is 5.75 Å². The molecular weight excluding hydrogens is 456 g/mol. The molecule has 6 N–H and O–H groups in total. The first-order chi connectivity index (χ1) is 16.0. The summed E-state index contributed by atoms with van der Waals surface area (Å²) in [6.07, 6.45) is 1.47. The molecule has 10 heteroatoms. The van der Waals surface area contributed by atoms with E-state index in [0.29, 0.717) is 12.8 Å². The number of hydrogen-bond acceptors (Lipinski definition) is 6. The van der Waals surface area contributed by atoms with Crippen LogP contribution in [0.3, 0.4) is 0 Å². The normalized spacial score (nSPS) is 16.3. The molecule has 1 aromatic carbocycles. The molecule has 0 saturated carbocycles. The smallest absolute Gasteiger partial charge is 0.327 e. The highest BCUT2D eigenvalue weighted by Crippen LogP contribution is 2.12. The minimum atomic E-state index is -1.22. The highest BCUT2D eigenvalue weighted by molar-refractivity contribution is 7.80. The summed E-state index contributed by atoms with van der Waals surface area (Å²) >= 11 is 3.97. The van der Waals surface area contributed by atoms with Crippen molar-refractivity contribution in [2.24, 2.45) is 17.6 Å². The number of carbonyl (C=O) groups excluding carboxylic acids is 3. The van der Waals surface area contributed by atoms with Gasteiger partial charge in [-0.15, -0.1) is 0 Å². The molecule has 0 aliphatic heterocycles. The Morgan fingerprint density at radius 3 is 1.94 bits per heavy atom. The maximum absolute atomic E-state index is 13.3. The molecule has 1 rings (SSSR count). The van der Waals surface area contributed by atoms with E-state index in [9.17, 15) is 24.3 Å². The number of thiol groups is 1. The zero-order valence-electron chi connectivity index (χ0n) is 20.3. The number of nitrogens with one attached hydrogen (secondary N) is 3. The van der Waals surface area contributed by atoms with Crippen molar-refractivity contribution >= 4 is 36.3 Å². The summed E-state index contributed by atoms with van der Waals surface area (Å²) in [5, 5.41) is 17.1. The van der Waals surface area contributed by atoms with Crippen molar-refractivity contribution in [2.45, 2.75) is 71.1 Å². The van der Waals surface area contributed by atoms with E-state index in [2.05, 4.69) is 28.6 Å². The molecule has 34 heavy (non-hydrogen) atoms. The molecule has 6 unspecified atom stereocenters. The molecular formula is C24H38N4O5S. The van der Waals surface area contributed by atoms with Gasteiger partial charge in [0.1, 0.15) is 18.1 Å². The number of hydrogen-bond donors (Lipinski definition) is 6. The van der Waals surface area contributed by atoms with Crippen LogP contribution >= 0.6 is 12.6 Å². The Morgan fingerprint density at radius 2 is 1.44 bits per heavy atom. The van der Waals surface area contributed by atoms with Crippen LogP contribution in [0, 0.1) is 11.8 Å². The lowest BCUT2D eigenvalue weighted by molar-refractivity contribution is -0.142. The average Bonchev–Trinajstić information content (AvgIpc) is 2.83. The minimum Gasteiger partial charge on any atom is -0.480 e. The molecule has 0 aromatic heterocycles. The molecule has 3 amide bonds. The van der Waals surface area contributed by atoms with Crippen LogP contribution in [0.2, 0.25) is 0 Å². The monoisotopic (exact) mass is 494 g/mol. The van der Waals surface area contributed by atoms with Crippen molar-refractivity contribution in [3.05, 3.63) is 35.9 Å². The van der Waals surface area contributed by atoms with E-state index >= 15 is 0 Å². The van der Waals surface area contributed by atoms with Gasteiger partial charge in [0.15, 0.2) is 0 Å². The van der Waals surface area contributed by atoms with Crippen LogP contribution in [0.1, 0.15) is 46.1 Å². The number of nitrogens with two attached hydrogens (primary N) is 1. The number of aliphatic carboxylic acids is 1. The summed E-state index contributed by atoms with van der Waals surface area (Å²) in [6.45, 7) is 7.43. The van der Waals surface area contributed by atoms with Gasteiger partial charge in [0.2, 0.25) is 17.7 Å². The topological polar surface area (TPSA) is 151 Å². The van der Waals surface area contributed by atoms with Crippen molar-refractivity contribution in [3.8, 4) is 0 Å². The molecule has 0 bridgehead atoms. The van der Waals surface area contributed by atoms with Gasteiger partial charge in [-0.1, -0.05) is 70.9 Å². The summed E-state index contributed by atoms with van der Waals surface area (Å²) in [5.41, 5.74) is 6.88. The largest absolute Gasteiger partial charge is 0.480 e. The summed E-state index contributed by atoms with van der Waals surface area (Å²) in [5.74, 6) is -3.29. The number of carbonyl (C=O) groups is 4. The number of carboxylic acids is 1. The highest BCUT2D eigenvalue weighted by atomic mass is 32.1. The Labute approximate surface area is 207 Å². The van der Waals surface area contributed by atoms with Gasteiger partial charge in [-0.2, -0.15) is 12.6 Å². The van der Waals surface area contributed by atoms with Crippen LogP contribution < -0.4 is 21.7 Å². The third-order valence-corrected chi connectivity index (χ3v) is 6.43. The van der Waals surface area contributed by atoms with Crippen molar-refractivity contribution in [1.82, 2.24) is 16.0 Å². The molecule has 0 heterocycles. The number of amides is 3. The van der Waals surface area contributed by atoms with Gasteiger partial charge >= 0.3 is 5.97 Å². The molecule has 1 aromatic rings. The second-order valence-corrected chi connectivity index (χ2v) is 8.98. The van der Waals surface area contributed by atoms with E-state index in [4.69, 9.17) is 5.73 Å². The van der Waals surface area contributed by atoms with Crippen LogP contribution in [-0.4, -0.2) is 58.7 Å². The van der Waals surface area contributed by atoms with E-state index in [1.54, 1.807) is 6.92 Å². The zero-order chi connectivity index (χ0) is 25.8. The Balaban J connectivity index is 3.12. The molecule has 0 aliphatic rings. The lowest BCUT2D eigenvalue weighted by atomic mass is 9.96. The predicted octanol–water partition coefficient (Wildman–Crippen LogP) is 1.12. The van der Waals surface area contributed by atoms with Crippen LogP contribution in [0.15, 0.2) is 30.3 Å². The standard InChI is InChI=1S/C24H38N4O5S/c1-5-14(3)19(25)22(30)26-17(12-16-10-8-7-9-11-16)21(29)28-20(15(4)6-2)23(31)27-18(13-34)24(32)33/h7-11,14-15,17-20,34H,5-6,12-13,25H2,1-4H3,(H,26,30)(H,27,31)(H,28,29)(H,32,33). The molecule has 0 saturated heterocycles. The fraction of sp³-hybridized carbons (Fsp3) is 0.583. The lowest BCUT2D eigenvalue weighted by Crippen LogP contribution is -2.59. The molecule has 0 spiro atoms. The van der Waals surface area contributed by atoms with Gasteiger partial charge < -0.3 is 26.8 Å². The minimum absolute atomic E-state index is 0.0757. The molecule has 0 fully saturated rings. The first-order valence-electron chi connectivity index (χ1n) is 11.6. The SMILES string of the molecule is CCC(C)C(N)C(=O)NC(Cc1ccccc1)C(=O)NC(C(=O)NC(CS)C(=O)O)C(C)CC.